The summed E-state index contributed by atoms with van der Waals surface area (Å²) in [6, 6.07) is 15.9. The van der Waals surface area contributed by atoms with Gasteiger partial charge in [0.25, 0.3) is 0 Å². The Balaban J connectivity index is 1.84. The molecule has 0 N–H and O–H groups in total. The van der Waals surface area contributed by atoms with E-state index in [9.17, 15) is 4.79 Å². The van der Waals surface area contributed by atoms with Crippen LogP contribution in [0.1, 0.15) is 41.3 Å². The van der Waals surface area contributed by atoms with Gasteiger partial charge in [-0.25, -0.2) is 0 Å². The average Bonchev–Trinajstić information content (AvgIpc) is 2.48. The van der Waals surface area contributed by atoms with Crippen molar-refractivity contribution >= 4 is 6.29 Å². The summed E-state index contributed by atoms with van der Waals surface area (Å²) in [6.45, 7) is 5.03. The molecule has 2 nitrogen and oxygen atoms in total. The highest BCUT2D eigenvalue weighted by molar-refractivity contribution is 5.74. The van der Waals surface area contributed by atoms with Gasteiger partial charge in [0.15, 0.2) is 0 Å². The SMILES string of the molecule is CC(C)c1ccc(CCOc2ccc(C=O)cc2)cc1. The fourth-order valence-electron chi connectivity index (χ4n) is 2.00. The molecule has 0 heterocycles. The largest absolute Gasteiger partial charge is 0.493 e. The molecule has 2 aromatic rings. The summed E-state index contributed by atoms with van der Waals surface area (Å²) >= 11 is 0. The third-order valence-electron chi connectivity index (χ3n) is 3.32. The van der Waals surface area contributed by atoms with Crippen molar-refractivity contribution in [2.45, 2.75) is 26.2 Å². The summed E-state index contributed by atoms with van der Waals surface area (Å²) in [7, 11) is 0. The molecule has 2 aromatic carbocycles. The third kappa shape index (κ3) is 3.95. The number of carbonyl (C=O) groups excluding carboxylic acids is 1. The molecule has 0 spiro atoms. The molecule has 0 aliphatic carbocycles. The molecule has 0 radical (unpaired) electrons. The van der Waals surface area contributed by atoms with Crippen LogP contribution >= 0.6 is 0 Å². The van der Waals surface area contributed by atoms with Gasteiger partial charge in [-0.3, -0.25) is 4.79 Å². The van der Waals surface area contributed by atoms with Crippen molar-refractivity contribution in [3.63, 3.8) is 0 Å². The van der Waals surface area contributed by atoms with Crippen molar-refractivity contribution in [1.29, 1.82) is 0 Å². The van der Waals surface area contributed by atoms with Crippen LogP contribution in [0.4, 0.5) is 0 Å². The number of hydrogen-bond donors (Lipinski definition) is 0. The van der Waals surface area contributed by atoms with Gasteiger partial charge in [-0.2, -0.15) is 0 Å². The predicted molar refractivity (Wildman–Crippen MR) is 81.6 cm³/mol. The zero-order valence-electron chi connectivity index (χ0n) is 12.0. The Morgan fingerprint density at radius 2 is 1.65 bits per heavy atom. The first-order valence-corrected chi connectivity index (χ1v) is 6.96. The lowest BCUT2D eigenvalue weighted by molar-refractivity contribution is 0.112. The maximum Gasteiger partial charge on any atom is 0.150 e. The van der Waals surface area contributed by atoms with E-state index in [1.165, 1.54) is 11.1 Å². The fourth-order valence-corrected chi connectivity index (χ4v) is 2.00. The Hall–Kier alpha value is -2.09. The van der Waals surface area contributed by atoms with E-state index in [0.717, 1.165) is 18.5 Å². The first-order valence-electron chi connectivity index (χ1n) is 6.96. The van der Waals surface area contributed by atoms with Crippen LogP contribution in [0.25, 0.3) is 0 Å². The lowest BCUT2D eigenvalue weighted by Gasteiger charge is -2.08. The van der Waals surface area contributed by atoms with Crippen molar-refractivity contribution in [1.82, 2.24) is 0 Å². The monoisotopic (exact) mass is 268 g/mol. The quantitative estimate of drug-likeness (QED) is 0.732. The van der Waals surface area contributed by atoms with Gasteiger partial charge in [-0.1, -0.05) is 38.1 Å². The number of hydrogen-bond acceptors (Lipinski definition) is 2. The lowest BCUT2D eigenvalue weighted by Crippen LogP contribution is -2.01. The molecule has 0 saturated heterocycles. The molecular formula is C18H20O2. The molecule has 0 atom stereocenters. The molecule has 0 saturated carbocycles. The molecule has 0 fully saturated rings. The van der Waals surface area contributed by atoms with Crippen LogP contribution in [0.5, 0.6) is 5.75 Å². The molecular weight excluding hydrogens is 248 g/mol. The topological polar surface area (TPSA) is 26.3 Å². The minimum absolute atomic E-state index is 0.566. The molecule has 104 valence electrons. The second-order valence-electron chi connectivity index (χ2n) is 5.18. The van der Waals surface area contributed by atoms with E-state index in [-0.39, 0.29) is 0 Å². The second kappa shape index (κ2) is 6.90. The smallest absolute Gasteiger partial charge is 0.150 e. The number of ether oxygens (including phenoxy) is 1. The maximum absolute atomic E-state index is 10.6. The molecule has 0 aliphatic rings. The molecule has 0 aromatic heterocycles. The van der Waals surface area contributed by atoms with Gasteiger partial charge >= 0.3 is 0 Å². The Kier molecular flexibility index (Phi) is 4.94. The van der Waals surface area contributed by atoms with E-state index in [2.05, 4.69) is 38.1 Å². The van der Waals surface area contributed by atoms with Crippen LogP contribution in [-0.4, -0.2) is 12.9 Å². The summed E-state index contributed by atoms with van der Waals surface area (Å²) in [4.78, 5) is 10.6. The van der Waals surface area contributed by atoms with E-state index in [0.29, 0.717) is 18.1 Å². The van der Waals surface area contributed by atoms with Crippen molar-refractivity contribution < 1.29 is 9.53 Å². The van der Waals surface area contributed by atoms with Crippen molar-refractivity contribution in [2.24, 2.45) is 0 Å². The zero-order chi connectivity index (χ0) is 14.4. The van der Waals surface area contributed by atoms with Gasteiger partial charge in [-0.15, -0.1) is 0 Å². The Morgan fingerprint density at radius 3 is 2.20 bits per heavy atom. The number of carbonyl (C=O) groups is 1. The standard InChI is InChI=1S/C18H20O2/c1-14(2)17-7-3-15(4-8-17)11-12-20-18-9-5-16(13-19)6-10-18/h3-10,13-14H,11-12H2,1-2H3. The summed E-state index contributed by atoms with van der Waals surface area (Å²) in [5.74, 6) is 1.37. The minimum atomic E-state index is 0.566. The van der Waals surface area contributed by atoms with Crippen molar-refractivity contribution in [2.75, 3.05) is 6.61 Å². The summed E-state index contributed by atoms with van der Waals surface area (Å²) in [5.41, 5.74) is 3.31. The van der Waals surface area contributed by atoms with Gasteiger partial charge < -0.3 is 4.74 Å². The predicted octanol–water partition coefficient (Wildman–Crippen LogP) is 4.24. The van der Waals surface area contributed by atoms with Crippen LogP contribution in [0, 0.1) is 0 Å². The van der Waals surface area contributed by atoms with Crippen LogP contribution in [0.2, 0.25) is 0 Å². The highest BCUT2D eigenvalue weighted by atomic mass is 16.5. The average molecular weight is 268 g/mol. The number of benzene rings is 2. The zero-order valence-corrected chi connectivity index (χ0v) is 12.0. The first kappa shape index (κ1) is 14.3. The number of rotatable bonds is 6. The second-order valence-corrected chi connectivity index (χ2v) is 5.18. The van der Waals surface area contributed by atoms with E-state index in [1.807, 2.05) is 12.1 Å². The third-order valence-corrected chi connectivity index (χ3v) is 3.32. The first-order chi connectivity index (χ1) is 9.69. The molecule has 0 amide bonds. The Morgan fingerprint density at radius 1 is 1.00 bits per heavy atom. The van der Waals surface area contributed by atoms with E-state index < -0.39 is 0 Å². The van der Waals surface area contributed by atoms with Crippen molar-refractivity contribution in [3.05, 3.63) is 65.2 Å². The molecule has 0 unspecified atom stereocenters. The van der Waals surface area contributed by atoms with Crippen LogP contribution < -0.4 is 4.74 Å². The molecule has 2 rings (SSSR count). The van der Waals surface area contributed by atoms with Crippen LogP contribution in [0.15, 0.2) is 48.5 Å². The highest BCUT2D eigenvalue weighted by Crippen LogP contribution is 2.15. The Bertz CT molecular complexity index is 539. The molecule has 2 heteroatoms. The van der Waals surface area contributed by atoms with Crippen molar-refractivity contribution in [3.8, 4) is 5.75 Å². The number of aldehydes is 1. The van der Waals surface area contributed by atoms with Crippen LogP contribution in [0.3, 0.4) is 0 Å². The highest BCUT2D eigenvalue weighted by Gasteiger charge is 2.00. The maximum atomic E-state index is 10.6. The van der Waals surface area contributed by atoms with Gasteiger partial charge in [0.1, 0.15) is 12.0 Å². The van der Waals surface area contributed by atoms with Gasteiger partial charge in [-0.05, 0) is 41.3 Å². The lowest BCUT2D eigenvalue weighted by atomic mass is 10.0. The molecule has 0 bridgehead atoms. The van der Waals surface area contributed by atoms with Gasteiger partial charge in [0.2, 0.25) is 0 Å². The Labute approximate surface area is 120 Å². The van der Waals surface area contributed by atoms with Crippen LogP contribution in [-0.2, 0) is 6.42 Å². The summed E-state index contributed by atoms with van der Waals surface area (Å²) in [6.07, 6.45) is 1.72. The van der Waals surface area contributed by atoms with E-state index in [1.54, 1.807) is 12.1 Å². The van der Waals surface area contributed by atoms with E-state index in [4.69, 9.17) is 4.74 Å². The summed E-state index contributed by atoms with van der Waals surface area (Å²) in [5, 5.41) is 0. The molecule has 20 heavy (non-hydrogen) atoms. The molecule has 0 aliphatic heterocycles. The van der Waals surface area contributed by atoms with Gasteiger partial charge in [0.05, 0.1) is 6.61 Å². The van der Waals surface area contributed by atoms with Gasteiger partial charge in [0, 0.05) is 12.0 Å². The summed E-state index contributed by atoms with van der Waals surface area (Å²) < 4.78 is 5.67. The normalized spacial score (nSPS) is 10.6. The minimum Gasteiger partial charge on any atom is -0.493 e. The van der Waals surface area contributed by atoms with E-state index >= 15 is 0 Å². The fraction of sp³-hybridized carbons (Fsp3) is 0.278.